The van der Waals surface area contributed by atoms with E-state index in [1.807, 2.05) is 0 Å². The Morgan fingerprint density at radius 3 is 2.63 bits per heavy atom. The molecular formula is C18H22N6O3. The molecule has 2 aliphatic rings. The fourth-order valence-electron chi connectivity index (χ4n) is 3.62. The van der Waals surface area contributed by atoms with Gasteiger partial charge >= 0.3 is 0 Å². The first-order valence-corrected chi connectivity index (χ1v) is 9.09. The Bertz CT molecular complexity index is 1020. The maximum absolute atomic E-state index is 12.6. The van der Waals surface area contributed by atoms with Crippen LogP contribution >= 0.6 is 0 Å². The maximum atomic E-state index is 12.6. The van der Waals surface area contributed by atoms with Gasteiger partial charge in [0.25, 0.3) is 11.1 Å². The zero-order valence-corrected chi connectivity index (χ0v) is 15.5. The molecule has 0 aliphatic carbocycles. The Kier molecular flexibility index (Phi) is 4.29. The van der Waals surface area contributed by atoms with E-state index < -0.39 is 0 Å². The molecule has 142 valence electrons. The topological polar surface area (TPSA) is 93.3 Å². The minimum Gasteiger partial charge on any atom is -0.370 e. The lowest BCUT2D eigenvalue weighted by Gasteiger charge is -2.18. The van der Waals surface area contributed by atoms with Crippen LogP contribution in [0.5, 0.6) is 0 Å². The van der Waals surface area contributed by atoms with Crippen molar-refractivity contribution >= 4 is 11.6 Å². The maximum Gasteiger partial charge on any atom is 0.269 e. The third kappa shape index (κ3) is 3.13. The number of hydrogen-bond donors (Lipinski definition) is 0. The van der Waals surface area contributed by atoms with Gasteiger partial charge in [-0.25, -0.2) is 9.67 Å². The highest BCUT2D eigenvalue weighted by Crippen LogP contribution is 2.19. The van der Waals surface area contributed by atoms with Crippen LogP contribution in [0.25, 0.3) is 0 Å². The van der Waals surface area contributed by atoms with Crippen molar-refractivity contribution in [1.82, 2.24) is 24.2 Å². The summed E-state index contributed by atoms with van der Waals surface area (Å²) in [5.41, 5.74) is 1.56. The number of amides is 1. The molecule has 0 unspecified atom stereocenters. The fraction of sp³-hybridized carbons (Fsp3) is 0.500. The van der Waals surface area contributed by atoms with E-state index in [1.165, 1.54) is 15.3 Å². The van der Waals surface area contributed by atoms with E-state index in [2.05, 4.69) is 15.0 Å². The molecule has 1 saturated heterocycles. The number of aryl methyl sites for hydroxylation is 1. The number of anilines is 1. The largest absolute Gasteiger partial charge is 0.370 e. The lowest BCUT2D eigenvalue weighted by molar-refractivity contribution is -0.132. The van der Waals surface area contributed by atoms with E-state index in [0.29, 0.717) is 17.1 Å². The first kappa shape index (κ1) is 17.4. The number of nitrogens with zero attached hydrogens (tertiary/aromatic N) is 6. The second-order valence-electron chi connectivity index (χ2n) is 7.10. The van der Waals surface area contributed by atoms with Crippen LogP contribution in [0.3, 0.4) is 0 Å². The summed E-state index contributed by atoms with van der Waals surface area (Å²) in [4.78, 5) is 45.4. The van der Waals surface area contributed by atoms with Gasteiger partial charge in [0.15, 0.2) is 0 Å². The molecule has 0 aromatic carbocycles. The van der Waals surface area contributed by atoms with Crippen LogP contribution in [-0.4, -0.2) is 43.2 Å². The molecule has 9 heteroatoms. The van der Waals surface area contributed by atoms with E-state index in [4.69, 9.17) is 0 Å². The zero-order valence-electron chi connectivity index (χ0n) is 15.5. The van der Waals surface area contributed by atoms with Crippen molar-refractivity contribution in [1.29, 1.82) is 0 Å². The van der Waals surface area contributed by atoms with Crippen LogP contribution in [0.15, 0.2) is 21.9 Å². The van der Waals surface area contributed by atoms with Gasteiger partial charge in [-0.15, -0.1) is 0 Å². The van der Waals surface area contributed by atoms with Crippen LogP contribution in [-0.2, 0) is 31.5 Å². The van der Waals surface area contributed by atoms with E-state index in [9.17, 15) is 14.4 Å². The molecular weight excluding hydrogens is 348 g/mol. The average molecular weight is 370 g/mol. The quantitative estimate of drug-likeness (QED) is 0.742. The predicted octanol–water partition coefficient (Wildman–Crippen LogP) is -0.212. The molecule has 0 N–H and O–H groups in total. The molecule has 0 atom stereocenters. The monoisotopic (exact) mass is 370 g/mol. The van der Waals surface area contributed by atoms with Crippen LogP contribution in [0.1, 0.15) is 29.9 Å². The summed E-state index contributed by atoms with van der Waals surface area (Å²) in [5, 5.41) is 4.16. The Labute approximate surface area is 155 Å². The minimum atomic E-state index is -0.297. The summed E-state index contributed by atoms with van der Waals surface area (Å²) in [7, 11) is 1.67. The summed E-state index contributed by atoms with van der Waals surface area (Å²) in [6.45, 7) is 3.97. The molecule has 4 rings (SSSR count). The highest BCUT2D eigenvalue weighted by molar-refractivity contribution is 5.76. The number of carbonyl (C=O) groups excluding carboxylic acids is 1. The van der Waals surface area contributed by atoms with Crippen LogP contribution in [0.4, 0.5) is 5.69 Å². The van der Waals surface area contributed by atoms with Crippen molar-refractivity contribution in [3.8, 4) is 0 Å². The number of aromatic nitrogens is 4. The Hall–Kier alpha value is -2.97. The second kappa shape index (κ2) is 6.64. The number of hydrogen-bond acceptors (Lipinski definition) is 6. The van der Waals surface area contributed by atoms with Crippen molar-refractivity contribution < 1.29 is 4.79 Å². The SMILES string of the molecule is Cc1nc2c(c(=O)n1C)CN(C(=O)Cn1ncc(N3CCCC3)cc1=O)C2. The normalized spacial score (nSPS) is 16.1. The molecule has 2 aromatic heterocycles. The third-order valence-electron chi connectivity index (χ3n) is 5.35. The van der Waals surface area contributed by atoms with Crippen LogP contribution in [0.2, 0.25) is 0 Å². The Balaban J connectivity index is 1.49. The van der Waals surface area contributed by atoms with Gasteiger partial charge in [0, 0.05) is 26.2 Å². The molecule has 0 radical (unpaired) electrons. The van der Waals surface area contributed by atoms with Gasteiger partial charge in [-0.05, 0) is 19.8 Å². The molecule has 0 bridgehead atoms. The molecule has 0 spiro atoms. The van der Waals surface area contributed by atoms with E-state index in [-0.39, 0.29) is 36.7 Å². The predicted molar refractivity (Wildman–Crippen MR) is 98.4 cm³/mol. The van der Waals surface area contributed by atoms with Crippen LogP contribution < -0.4 is 16.0 Å². The highest BCUT2D eigenvalue weighted by Gasteiger charge is 2.28. The fourth-order valence-corrected chi connectivity index (χ4v) is 3.62. The lowest BCUT2D eigenvalue weighted by Crippen LogP contribution is -2.35. The van der Waals surface area contributed by atoms with Gasteiger partial charge in [-0.2, -0.15) is 5.10 Å². The zero-order chi connectivity index (χ0) is 19.1. The van der Waals surface area contributed by atoms with Crippen molar-refractivity contribution in [3.63, 3.8) is 0 Å². The highest BCUT2D eigenvalue weighted by atomic mass is 16.2. The Morgan fingerprint density at radius 2 is 1.93 bits per heavy atom. The van der Waals surface area contributed by atoms with E-state index >= 15 is 0 Å². The number of rotatable bonds is 3. The summed E-state index contributed by atoms with van der Waals surface area (Å²) >= 11 is 0. The standard InChI is InChI=1S/C18H22N6O3/c1-12-20-15-10-23(9-14(15)18(27)21(12)2)17(26)11-24-16(25)7-13(8-19-24)22-5-3-4-6-22/h7-8H,3-6,9-11H2,1-2H3. The van der Waals surface area contributed by atoms with Crippen molar-refractivity contribution in [2.45, 2.75) is 39.4 Å². The molecule has 2 aliphatic heterocycles. The van der Waals surface area contributed by atoms with Gasteiger partial charge in [-0.1, -0.05) is 0 Å². The molecule has 27 heavy (non-hydrogen) atoms. The second-order valence-corrected chi connectivity index (χ2v) is 7.10. The molecule has 0 saturated carbocycles. The van der Waals surface area contributed by atoms with Gasteiger partial charge in [0.2, 0.25) is 5.91 Å². The molecule has 4 heterocycles. The number of carbonyl (C=O) groups is 1. The molecule has 2 aromatic rings. The summed E-state index contributed by atoms with van der Waals surface area (Å²) < 4.78 is 2.65. The third-order valence-corrected chi connectivity index (χ3v) is 5.35. The van der Waals surface area contributed by atoms with E-state index in [1.54, 1.807) is 25.1 Å². The van der Waals surface area contributed by atoms with Gasteiger partial charge < -0.3 is 9.80 Å². The molecule has 1 fully saturated rings. The summed E-state index contributed by atoms with van der Waals surface area (Å²) in [5.74, 6) is 0.361. The van der Waals surface area contributed by atoms with Crippen molar-refractivity contribution in [3.05, 3.63) is 50.1 Å². The number of fused-ring (bicyclic) bond motifs is 1. The van der Waals surface area contributed by atoms with Crippen molar-refractivity contribution in [2.24, 2.45) is 7.05 Å². The smallest absolute Gasteiger partial charge is 0.269 e. The first-order valence-electron chi connectivity index (χ1n) is 9.09. The van der Waals surface area contributed by atoms with Gasteiger partial charge in [-0.3, -0.25) is 19.0 Å². The lowest BCUT2D eigenvalue weighted by atomic mass is 10.2. The van der Waals surface area contributed by atoms with E-state index in [0.717, 1.165) is 31.6 Å². The average Bonchev–Trinajstić information content (AvgIpc) is 3.31. The first-order chi connectivity index (χ1) is 12.9. The molecule has 9 nitrogen and oxygen atoms in total. The van der Waals surface area contributed by atoms with Gasteiger partial charge in [0.05, 0.1) is 36.2 Å². The summed E-state index contributed by atoms with van der Waals surface area (Å²) in [6, 6.07) is 1.53. The molecule has 1 amide bonds. The summed E-state index contributed by atoms with van der Waals surface area (Å²) in [6.07, 6.45) is 3.87. The van der Waals surface area contributed by atoms with Crippen molar-refractivity contribution in [2.75, 3.05) is 18.0 Å². The Morgan fingerprint density at radius 1 is 1.19 bits per heavy atom. The minimum absolute atomic E-state index is 0.127. The van der Waals surface area contributed by atoms with Crippen LogP contribution in [0, 0.1) is 6.92 Å². The van der Waals surface area contributed by atoms with Gasteiger partial charge in [0.1, 0.15) is 12.4 Å².